The van der Waals surface area contributed by atoms with Gasteiger partial charge in [0.25, 0.3) is 0 Å². The maximum Gasteiger partial charge on any atom is 0.137 e. The molecule has 0 amide bonds. The van der Waals surface area contributed by atoms with Gasteiger partial charge in [0.1, 0.15) is 5.75 Å². The Morgan fingerprint density at radius 1 is 0.962 bits per heavy atom. The number of nitrogens with zero attached hydrogens (tertiary/aromatic N) is 2. The molecule has 0 saturated heterocycles. The molecule has 3 aromatic rings. The van der Waals surface area contributed by atoms with Crippen molar-refractivity contribution in [3.8, 4) is 5.75 Å². The summed E-state index contributed by atoms with van der Waals surface area (Å²) in [5.74, 6) is 0.750. The quantitative estimate of drug-likeness (QED) is 0.415. The third kappa shape index (κ3) is 5.08. The fourth-order valence-electron chi connectivity index (χ4n) is 2.73. The van der Waals surface area contributed by atoms with Crippen LogP contribution < -0.4 is 4.74 Å². The normalized spacial score (nSPS) is 12.2. The molecule has 0 aliphatic heterocycles. The molecule has 1 heterocycles. The lowest BCUT2D eigenvalue weighted by Crippen LogP contribution is -2.13. The van der Waals surface area contributed by atoms with E-state index < -0.39 is 0 Å². The van der Waals surface area contributed by atoms with Crippen LogP contribution in [0.5, 0.6) is 5.75 Å². The third-order valence-corrected chi connectivity index (χ3v) is 5.10. The Hall–Kier alpha value is -1.39. The number of ether oxygens (including phenoxy) is 1. The van der Waals surface area contributed by atoms with Gasteiger partial charge in [-0.05, 0) is 42.3 Å². The fourth-order valence-corrected chi connectivity index (χ4v) is 3.76. The first-order valence-electron chi connectivity index (χ1n) is 8.01. The summed E-state index contributed by atoms with van der Waals surface area (Å²) in [6, 6.07) is 10.8. The lowest BCUT2D eigenvalue weighted by molar-refractivity contribution is 0.291. The van der Waals surface area contributed by atoms with E-state index in [1.165, 1.54) is 0 Å². The zero-order valence-electron chi connectivity index (χ0n) is 13.7. The van der Waals surface area contributed by atoms with Gasteiger partial charge in [-0.25, -0.2) is 4.98 Å². The van der Waals surface area contributed by atoms with Crippen LogP contribution in [0.3, 0.4) is 0 Å². The molecule has 7 heteroatoms. The fraction of sp³-hybridized carbons (Fsp3) is 0.211. The summed E-state index contributed by atoms with van der Waals surface area (Å²) >= 11 is 24.5. The van der Waals surface area contributed by atoms with Crippen molar-refractivity contribution >= 4 is 46.4 Å². The molecule has 0 unspecified atom stereocenters. The van der Waals surface area contributed by atoms with Gasteiger partial charge in [0.05, 0.1) is 18.0 Å². The van der Waals surface area contributed by atoms with E-state index in [9.17, 15) is 0 Å². The van der Waals surface area contributed by atoms with Crippen molar-refractivity contribution < 1.29 is 4.74 Å². The Balaban J connectivity index is 1.73. The van der Waals surface area contributed by atoms with E-state index in [4.69, 9.17) is 51.1 Å². The molecule has 0 saturated carbocycles. The first-order chi connectivity index (χ1) is 12.5. The van der Waals surface area contributed by atoms with Crippen LogP contribution >= 0.6 is 46.4 Å². The van der Waals surface area contributed by atoms with Gasteiger partial charge >= 0.3 is 0 Å². The van der Waals surface area contributed by atoms with Gasteiger partial charge in [-0.3, -0.25) is 0 Å². The number of aromatic nitrogens is 2. The molecule has 0 N–H and O–H groups in total. The SMILES string of the molecule is Clc1ccc(OCC[C@H](Cn2ccnc2)c2ccc(Cl)cc2Cl)c(Cl)c1. The highest BCUT2D eigenvalue weighted by Crippen LogP contribution is 2.32. The monoisotopic (exact) mass is 428 g/mol. The average Bonchev–Trinajstić information content (AvgIpc) is 3.09. The van der Waals surface area contributed by atoms with Crippen molar-refractivity contribution in [2.75, 3.05) is 6.61 Å². The highest BCUT2D eigenvalue weighted by Gasteiger charge is 2.17. The van der Waals surface area contributed by atoms with Crippen LogP contribution in [0.4, 0.5) is 0 Å². The minimum absolute atomic E-state index is 0.139. The summed E-state index contributed by atoms with van der Waals surface area (Å²) in [4.78, 5) is 4.10. The molecule has 1 aromatic heterocycles. The Morgan fingerprint density at radius 2 is 1.69 bits per heavy atom. The lowest BCUT2D eigenvalue weighted by Gasteiger charge is -2.20. The van der Waals surface area contributed by atoms with Crippen LogP contribution in [0, 0.1) is 0 Å². The van der Waals surface area contributed by atoms with E-state index in [0.29, 0.717) is 32.4 Å². The lowest BCUT2D eigenvalue weighted by atomic mass is 9.95. The Labute approximate surface area is 172 Å². The smallest absolute Gasteiger partial charge is 0.137 e. The van der Waals surface area contributed by atoms with E-state index in [2.05, 4.69) is 4.98 Å². The van der Waals surface area contributed by atoms with Crippen LogP contribution in [0.2, 0.25) is 20.1 Å². The minimum Gasteiger partial charge on any atom is -0.492 e. The van der Waals surface area contributed by atoms with Gasteiger partial charge in [-0.2, -0.15) is 0 Å². The standard InChI is InChI=1S/C19H16Cl4N2O/c20-14-1-3-16(17(22)9-14)13(11-25-7-6-24-12-25)5-8-26-19-4-2-15(21)10-18(19)23/h1-4,6-7,9-10,12-13H,5,8,11H2/t13-/m1/s1. The summed E-state index contributed by atoms with van der Waals surface area (Å²) in [5.41, 5.74) is 1.02. The van der Waals surface area contributed by atoms with Crippen molar-refractivity contribution in [3.05, 3.63) is 80.8 Å². The van der Waals surface area contributed by atoms with Gasteiger partial charge in [-0.15, -0.1) is 0 Å². The minimum atomic E-state index is 0.139. The molecule has 26 heavy (non-hydrogen) atoms. The third-order valence-electron chi connectivity index (χ3n) is 4.01. The largest absolute Gasteiger partial charge is 0.492 e. The van der Waals surface area contributed by atoms with Gasteiger partial charge in [0.15, 0.2) is 0 Å². The number of hydrogen-bond acceptors (Lipinski definition) is 2. The predicted octanol–water partition coefficient (Wildman–Crippen LogP) is 6.75. The summed E-state index contributed by atoms with van der Waals surface area (Å²) in [7, 11) is 0. The van der Waals surface area contributed by atoms with Gasteiger partial charge < -0.3 is 9.30 Å². The molecule has 0 bridgehead atoms. The van der Waals surface area contributed by atoms with Crippen LogP contribution in [-0.4, -0.2) is 16.2 Å². The first-order valence-corrected chi connectivity index (χ1v) is 9.52. The van der Waals surface area contributed by atoms with E-state index >= 15 is 0 Å². The molecule has 3 rings (SSSR count). The number of benzene rings is 2. The zero-order chi connectivity index (χ0) is 18.5. The second-order valence-electron chi connectivity index (χ2n) is 5.83. The number of hydrogen-bond donors (Lipinski definition) is 0. The van der Waals surface area contributed by atoms with E-state index in [0.717, 1.165) is 18.5 Å². The summed E-state index contributed by atoms with van der Waals surface area (Å²) in [6.07, 6.45) is 6.21. The maximum atomic E-state index is 6.42. The summed E-state index contributed by atoms with van der Waals surface area (Å²) < 4.78 is 7.86. The molecule has 0 radical (unpaired) electrons. The molecule has 0 aliphatic rings. The second-order valence-corrected chi connectivity index (χ2v) is 7.52. The van der Waals surface area contributed by atoms with Crippen molar-refractivity contribution in [2.24, 2.45) is 0 Å². The Morgan fingerprint density at radius 3 is 2.35 bits per heavy atom. The van der Waals surface area contributed by atoms with Crippen LogP contribution in [0.15, 0.2) is 55.1 Å². The summed E-state index contributed by atoms with van der Waals surface area (Å²) in [5, 5.41) is 2.33. The van der Waals surface area contributed by atoms with Crippen molar-refractivity contribution in [1.29, 1.82) is 0 Å². The zero-order valence-corrected chi connectivity index (χ0v) is 16.7. The highest BCUT2D eigenvalue weighted by molar-refractivity contribution is 6.35. The molecular weight excluding hydrogens is 414 g/mol. The first kappa shape index (κ1) is 19.4. The Bertz CT molecular complexity index is 868. The van der Waals surface area contributed by atoms with Gasteiger partial charge in [0.2, 0.25) is 0 Å². The maximum absolute atomic E-state index is 6.42. The van der Waals surface area contributed by atoms with Gasteiger partial charge in [0, 0.05) is 39.9 Å². The highest BCUT2D eigenvalue weighted by atomic mass is 35.5. The number of halogens is 4. The second kappa shape index (κ2) is 9.01. The predicted molar refractivity (Wildman–Crippen MR) is 108 cm³/mol. The van der Waals surface area contributed by atoms with Gasteiger partial charge in [-0.1, -0.05) is 52.5 Å². The number of imidazole rings is 1. The van der Waals surface area contributed by atoms with E-state index in [1.54, 1.807) is 36.8 Å². The molecule has 3 nitrogen and oxygen atoms in total. The molecule has 136 valence electrons. The summed E-state index contributed by atoms with van der Waals surface area (Å²) in [6.45, 7) is 1.22. The van der Waals surface area contributed by atoms with Crippen molar-refractivity contribution in [3.63, 3.8) is 0 Å². The molecule has 2 aromatic carbocycles. The average molecular weight is 430 g/mol. The number of rotatable bonds is 7. The molecular formula is C19H16Cl4N2O. The van der Waals surface area contributed by atoms with Crippen LogP contribution in [0.25, 0.3) is 0 Å². The molecule has 0 spiro atoms. The van der Waals surface area contributed by atoms with Crippen LogP contribution in [-0.2, 0) is 6.54 Å². The molecule has 0 aliphatic carbocycles. The topological polar surface area (TPSA) is 27.1 Å². The Kier molecular flexibility index (Phi) is 6.71. The van der Waals surface area contributed by atoms with E-state index in [1.807, 2.05) is 22.9 Å². The van der Waals surface area contributed by atoms with Crippen LogP contribution in [0.1, 0.15) is 17.9 Å². The molecule has 0 fully saturated rings. The molecule has 1 atom stereocenters. The van der Waals surface area contributed by atoms with Crippen molar-refractivity contribution in [2.45, 2.75) is 18.9 Å². The van der Waals surface area contributed by atoms with E-state index in [-0.39, 0.29) is 5.92 Å². The van der Waals surface area contributed by atoms with Crippen molar-refractivity contribution in [1.82, 2.24) is 9.55 Å².